The second-order valence-corrected chi connectivity index (χ2v) is 2.99. The lowest BCUT2D eigenvalue weighted by molar-refractivity contribution is -0.112. The normalized spacial score (nSPS) is 10.5. The van der Waals surface area contributed by atoms with Gasteiger partial charge in [0.25, 0.3) is 0 Å². The molecule has 74 valence electrons. The van der Waals surface area contributed by atoms with Crippen molar-refractivity contribution < 1.29 is 9.18 Å². The molecule has 0 atom stereocenters. The minimum absolute atomic E-state index is 0.0619. The van der Waals surface area contributed by atoms with Crippen molar-refractivity contribution in [3.05, 3.63) is 42.4 Å². The molecule has 0 saturated heterocycles. The summed E-state index contributed by atoms with van der Waals surface area (Å²) in [5.74, 6) is -0.364. The van der Waals surface area contributed by atoms with E-state index in [0.29, 0.717) is 5.69 Å². The fourth-order valence-electron chi connectivity index (χ4n) is 1.03. The van der Waals surface area contributed by atoms with Gasteiger partial charge in [-0.05, 0) is 25.1 Å². The molecule has 2 nitrogen and oxygen atoms in total. The third-order valence-electron chi connectivity index (χ3n) is 1.77. The van der Waals surface area contributed by atoms with E-state index < -0.39 is 0 Å². The number of nitrogens with zero attached hydrogens (tertiary/aromatic N) is 1. The van der Waals surface area contributed by atoms with Gasteiger partial charge in [0.15, 0.2) is 5.78 Å². The van der Waals surface area contributed by atoms with Gasteiger partial charge in [-0.1, -0.05) is 12.1 Å². The molecule has 0 amide bonds. The van der Waals surface area contributed by atoms with Crippen LogP contribution in [0.3, 0.4) is 0 Å². The van der Waals surface area contributed by atoms with Gasteiger partial charge in [-0.25, -0.2) is 4.39 Å². The minimum atomic E-state index is -0.303. The van der Waals surface area contributed by atoms with Crippen LogP contribution in [0.4, 0.5) is 10.1 Å². The van der Waals surface area contributed by atoms with Gasteiger partial charge in [-0.3, -0.25) is 4.79 Å². The summed E-state index contributed by atoms with van der Waals surface area (Å²) in [5.41, 5.74) is 0.449. The van der Waals surface area contributed by atoms with Crippen molar-refractivity contribution in [2.24, 2.45) is 0 Å². The SMILES string of the molecule is CC(=O)/C=C/N(C)c1ccccc1F. The molecular formula is C11H12FNO. The van der Waals surface area contributed by atoms with Crippen molar-refractivity contribution in [2.75, 3.05) is 11.9 Å². The van der Waals surface area contributed by atoms with Crippen LogP contribution in [0.1, 0.15) is 6.92 Å². The smallest absolute Gasteiger partial charge is 0.154 e. The third kappa shape index (κ3) is 2.69. The van der Waals surface area contributed by atoms with Crippen molar-refractivity contribution in [3.8, 4) is 0 Å². The average Bonchev–Trinajstić information content (AvgIpc) is 2.15. The first-order valence-electron chi connectivity index (χ1n) is 4.27. The Hall–Kier alpha value is -1.64. The molecule has 0 bridgehead atoms. The van der Waals surface area contributed by atoms with Gasteiger partial charge in [-0.2, -0.15) is 0 Å². The second-order valence-electron chi connectivity index (χ2n) is 2.99. The highest BCUT2D eigenvalue weighted by molar-refractivity contribution is 5.87. The highest BCUT2D eigenvalue weighted by Gasteiger charge is 2.02. The van der Waals surface area contributed by atoms with Crippen LogP contribution < -0.4 is 4.90 Å². The molecule has 0 fully saturated rings. The summed E-state index contributed by atoms with van der Waals surface area (Å²) in [6, 6.07) is 6.41. The maximum Gasteiger partial charge on any atom is 0.154 e. The van der Waals surface area contributed by atoms with Crippen molar-refractivity contribution in [3.63, 3.8) is 0 Å². The van der Waals surface area contributed by atoms with E-state index >= 15 is 0 Å². The Morgan fingerprint density at radius 3 is 2.64 bits per heavy atom. The van der Waals surface area contributed by atoms with Crippen molar-refractivity contribution >= 4 is 11.5 Å². The van der Waals surface area contributed by atoms with E-state index in [1.54, 1.807) is 36.3 Å². The Bertz CT molecular complexity index is 360. The Morgan fingerprint density at radius 2 is 2.07 bits per heavy atom. The molecule has 14 heavy (non-hydrogen) atoms. The Labute approximate surface area is 82.7 Å². The molecule has 0 aliphatic rings. The van der Waals surface area contributed by atoms with E-state index in [2.05, 4.69) is 0 Å². The minimum Gasteiger partial charge on any atom is -0.349 e. The largest absolute Gasteiger partial charge is 0.349 e. The summed E-state index contributed by atoms with van der Waals surface area (Å²) in [4.78, 5) is 12.2. The molecule has 1 rings (SSSR count). The predicted molar refractivity (Wildman–Crippen MR) is 54.6 cm³/mol. The molecule has 0 unspecified atom stereocenters. The fraction of sp³-hybridized carbons (Fsp3) is 0.182. The number of halogens is 1. The Balaban J connectivity index is 2.84. The van der Waals surface area contributed by atoms with Gasteiger partial charge in [0, 0.05) is 13.2 Å². The zero-order valence-corrected chi connectivity index (χ0v) is 8.20. The molecule has 0 radical (unpaired) electrons. The van der Waals surface area contributed by atoms with Crippen LogP contribution >= 0.6 is 0 Å². The highest BCUT2D eigenvalue weighted by atomic mass is 19.1. The number of para-hydroxylation sites is 1. The monoisotopic (exact) mass is 193 g/mol. The quantitative estimate of drug-likeness (QED) is 0.687. The van der Waals surface area contributed by atoms with Crippen LogP contribution in [0.15, 0.2) is 36.5 Å². The number of rotatable bonds is 3. The lowest BCUT2D eigenvalue weighted by Crippen LogP contribution is -2.10. The van der Waals surface area contributed by atoms with Gasteiger partial charge in [0.05, 0.1) is 5.69 Å². The van der Waals surface area contributed by atoms with Gasteiger partial charge < -0.3 is 4.90 Å². The van der Waals surface area contributed by atoms with E-state index in [1.807, 2.05) is 0 Å². The zero-order chi connectivity index (χ0) is 10.6. The van der Waals surface area contributed by atoms with Gasteiger partial charge in [0.1, 0.15) is 5.82 Å². The number of allylic oxidation sites excluding steroid dienone is 1. The summed E-state index contributed by atoms with van der Waals surface area (Å²) >= 11 is 0. The Kier molecular flexibility index (Phi) is 3.40. The highest BCUT2D eigenvalue weighted by Crippen LogP contribution is 2.16. The van der Waals surface area contributed by atoms with Crippen LogP contribution in [-0.2, 0) is 4.79 Å². The standard InChI is InChI=1S/C11H12FNO/c1-9(14)7-8-13(2)11-6-4-3-5-10(11)12/h3-8H,1-2H3/b8-7+. The Morgan fingerprint density at radius 1 is 1.43 bits per heavy atom. The molecule has 0 heterocycles. The molecule has 0 aromatic heterocycles. The van der Waals surface area contributed by atoms with Gasteiger partial charge in [0.2, 0.25) is 0 Å². The molecule has 0 saturated carbocycles. The maximum atomic E-state index is 13.2. The number of carbonyl (C=O) groups is 1. The number of anilines is 1. The molecule has 0 aliphatic carbocycles. The van der Waals surface area contributed by atoms with E-state index in [0.717, 1.165) is 0 Å². The third-order valence-corrected chi connectivity index (χ3v) is 1.77. The van der Waals surface area contributed by atoms with Crippen molar-refractivity contribution in [1.82, 2.24) is 0 Å². The van der Waals surface area contributed by atoms with Crippen molar-refractivity contribution in [1.29, 1.82) is 0 Å². The summed E-state index contributed by atoms with van der Waals surface area (Å²) in [6.45, 7) is 1.45. The molecule has 0 spiro atoms. The number of hydrogen-bond acceptors (Lipinski definition) is 2. The van der Waals surface area contributed by atoms with Gasteiger partial charge in [-0.15, -0.1) is 0 Å². The van der Waals surface area contributed by atoms with Crippen LogP contribution in [0.2, 0.25) is 0 Å². The number of ketones is 1. The van der Waals surface area contributed by atoms with Crippen LogP contribution in [0, 0.1) is 5.82 Å². The molecular weight excluding hydrogens is 181 g/mol. The lowest BCUT2D eigenvalue weighted by Gasteiger charge is -2.14. The summed E-state index contributed by atoms with van der Waals surface area (Å²) in [6.07, 6.45) is 2.94. The van der Waals surface area contributed by atoms with Crippen molar-refractivity contribution in [2.45, 2.75) is 6.92 Å². The maximum absolute atomic E-state index is 13.2. The summed E-state index contributed by atoms with van der Waals surface area (Å²) in [5, 5.41) is 0. The van der Waals surface area contributed by atoms with E-state index in [9.17, 15) is 9.18 Å². The molecule has 0 N–H and O–H groups in total. The first-order chi connectivity index (χ1) is 6.61. The number of hydrogen-bond donors (Lipinski definition) is 0. The lowest BCUT2D eigenvalue weighted by atomic mass is 10.3. The molecule has 0 aliphatic heterocycles. The number of benzene rings is 1. The summed E-state index contributed by atoms with van der Waals surface area (Å²) < 4.78 is 13.2. The zero-order valence-electron chi connectivity index (χ0n) is 8.20. The van der Waals surface area contributed by atoms with E-state index in [-0.39, 0.29) is 11.6 Å². The van der Waals surface area contributed by atoms with E-state index in [1.165, 1.54) is 19.1 Å². The topological polar surface area (TPSA) is 20.3 Å². The first kappa shape index (κ1) is 10.4. The molecule has 1 aromatic carbocycles. The summed E-state index contributed by atoms with van der Waals surface area (Å²) in [7, 11) is 1.69. The second kappa shape index (κ2) is 4.56. The average molecular weight is 193 g/mol. The van der Waals surface area contributed by atoms with Crippen LogP contribution in [0.25, 0.3) is 0 Å². The van der Waals surface area contributed by atoms with Crippen LogP contribution in [-0.4, -0.2) is 12.8 Å². The number of carbonyl (C=O) groups excluding carboxylic acids is 1. The first-order valence-corrected chi connectivity index (χ1v) is 4.27. The van der Waals surface area contributed by atoms with Crippen LogP contribution in [0.5, 0.6) is 0 Å². The fourth-order valence-corrected chi connectivity index (χ4v) is 1.03. The molecule has 1 aromatic rings. The van der Waals surface area contributed by atoms with Gasteiger partial charge >= 0.3 is 0 Å². The van der Waals surface area contributed by atoms with E-state index in [4.69, 9.17) is 0 Å². The predicted octanol–water partition coefficient (Wildman–Crippen LogP) is 2.36. The molecule has 3 heteroatoms.